The molecule has 0 bridgehead atoms. The molecule has 2 heterocycles. The molecule has 1 aromatic heterocycles. The van der Waals surface area contributed by atoms with Crippen molar-refractivity contribution >= 4 is 5.91 Å². The van der Waals surface area contributed by atoms with E-state index in [2.05, 4.69) is 15.6 Å². The molecular weight excluding hydrogens is 652 g/mol. The first kappa shape index (κ1) is 40.2. The van der Waals surface area contributed by atoms with Crippen LogP contribution in [0.1, 0.15) is 47.3 Å². The van der Waals surface area contributed by atoms with E-state index in [1.807, 2.05) is 30.5 Å². The number of nitrogens with one attached hydrogen (secondary N) is 1. The van der Waals surface area contributed by atoms with Gasteiger partial charge in [-0.15, -0.1) is 5.10 Å². The normalized spacial score (nSPS) is 15.7. The molecule has 2 aliphatic rings. The monoisotopic (exact) mass is 708 g/mol. The van der Waals surface area contributed by atoms with Crippen molar-refractivity contribution in [3.05, 3.63) is 47.3 Å². The maximum absolute atomic E-state index is 12.3. The summed E-state index contributed by atoms with van der Waals surface area (Å²) in [6, 6.07) is 7.54. The van der Waals surface area contributed by atoms with E-state index in [0.717, 1.165) is 43.7 Å². The molecule has 1 amide bonds. The maximum atomic E-state index is 12.3. The lowest BCUT2D eigenvalue weighted by Gasteiger charge is -2.25. The van der Waals surface area contributed by atoms with Gasteiger partial charge in [0.2, 0.25) is 0 Å². The summed E-state index contributed by atoms with van der Waals surface area (Å²) in [7, 11) is 0. The molecule has 2 fully saturated rings. The van der Waals surface area contributed by atoms with Crippen LogP contribution in [0.15, 0.2) is 30.5 Å². The topological polar surface area (TPSA) is 155 Å². The molecule has 15 heteroatoms. The van der Waals surface area contributed by atoms with Gasteiger partial charge >= 0.3 is 0 Å². The van der Waals surface area contributed by atoms with Crippen LogP contribution in [-0.2, 0) is 67.1 Å². The summed E-state index contributed by atoms with van der Waals surface area (Å²) in [6.07, 6.45) is 7.17. The fourth-order valence-electron chi connectivity index (χ4n) is 4.56. The second kappa shape index (κ2) is 26.2. The molecule has 1 atom stereocenters. The highest BCUT2D eigenvalue weighted by molar-refractivity contribution is 5.94. The number of hydrogen-bond acceptors (Lipinski definition) is 13. The van der Waals surface area contributed by atoms with Crippen LogP contribution in [0.2, 0.25) is 0 Å². The largest absolute Gasteiger partial charge is 0.379 e. The van der Waals surface area contributed by atoms with Gasteiger partial charge in [0.15, 0.2) is 0 Å². The molecule has 1 aliphatic carbocycles. The Labute approximate surface area is 295 Å². The van der Waals surface area contributed by atoms with Gasteiger partial charge in [-0.1, -0.05) is 17.3 Å². The molecule has 15 nitrogen and oxygen atoms in total. The van der Waals surface area contributed by atoms with E-state index >= 15 is 0 Å². The Morgan fingerprint density at radius 2 is 1.28 bits per heavy atom. The Kier molecular flexibility index (Phi) is 21.1. The highest BCUT2D eigenvalue weighted by Gasteiger charge is 2.21. The lowest BCUT2D eigenvalue weighted by Crippen LogP contribution is -2.27. The van der Waals surface area contributed by atoms with Gasteiger partial charge in [0, 0.05) is 18.7 Å². The van der Waals surface area contributed by atoms with E-state index in [-0.39, 0.29) is 5.91 Å². The minimum atomic E-state index is -0.117. The quantitative estimate of drug-likeness (QED) is 0.0852. The Hall–Kier alpha value is -2.57. The van der Waals surface area contributed by atoms with Crippen molar-refractivity contribution in [1.82, 2.24) is 20.3 Å². The summed E-state index contributed by atoms with van der Waals surface area (Å²) >= 11 is 0. The third-order valence-electron chi connectivity index (χ3n) is 7.81. The zero-order valence-electron chi connectivity index (χ0n) is 29.3. The Morgan fingerprint density at radius 1 is 0.720 bits per heavy atom. The molecule has 1 unspecified atom stereocenters. The third-order valence-corrected chi connectivity index (χ3v) is 7.81. The number of aromatic nitrogens is 3. The van der Waals surface area contributed by atoms with Crippen LogP contribution in [-0.4, -0.2) is 145 Å². The zero-order valence-corrected chi connectivity index (χ0v) is 29.3. The van der Waals surface area contributed by atoms with Gasteiger partial charge in [0.25, 0.3) is 5.91 Å². The number of carbonyl (C=O) groups is 1. The number of hydrogen-bond donors (Lipinski definition) is 1. The summed E-state index contributed by atoms with van der Waals surface area (Å²) in [5, 5.41) is 11.1. The first-order valence-electron chi connectivity index (χ1n) is 17.9. The smallest absolute Gasteiger partial charge is 0.251 e. The van der Waals surface area contributed by atoms with Gasteiger partial charge in [-0.05, 0) is 43.4 Å². The summed E-state index contributed by atoms with van der Waals surface area (Å²) in [5.41, 5.74) is 2.45. The first-order chi connectivity index (χ1) is 24.8. The number of amides is 1. The predicted octanol–water partition coefficient (Wildman–Crippen LogP) is 2.20. The Morgan fingerprint density at radius 3 is 1.86 bits per heavy atom. The van der Waals surface area contributed by atoms with Crippen LogP contribution in [0.4, 0.5) is 0 Å². The van der Waals surface area contributed by atoms with Gasteiger partial charge in [0.05, 0.1) is 137 Å². The van der Waals surface area contributed by atoms with Crippen molar-refractivity contribution < 1.29 is 52.2 Å². The molecule has 50 heavy (non-hydrogen) atoms. The van der Waals surface area contributed by atoms with E-state index in [1.54, 1.807) is 4.68 Å². The molecule has 2 aromatic rings. The van der Waals surface area contributed by atoms with E-state index in [9.17, 15) is 4.79 Å². The lowest BCUT2D eigenvalue weighted by atomic mass is 9.96. The highest BCUT2D eigenvalue weighted by atomic mass is 16.6. The predicted molar refractivity (Wildman–Crippen MR) is 181 cm³/mol. The molecule has 1 saturated heterocycles. The van der Waals surface area contributed by atoms with E-state index in [1.165, 1.54) is 6.42 Å². The second-order valence-corrected chi connectivity index (χ2v) is 11.9. The molecule has 1 saturated carbocycles. The summed E-state index contributed by atoms with van der Waals surface area (Å²) < 4.78 is 56.9. The van der Waals surface area contributed by atoms with E-state index in [0.29, 0.717) is 137 Å². The van der Waals surface area contributed by atoms with Crippen LogP contribution in [0.25, 0.3) is 0 Å². The molecular formula is C35H56N4O11. The Bertz CT molecular complexity index is 1130. The van der Waals surface area contributed by atoms with Crippen LogP contribution >= 0.6 is 0 Å². The first-order valence-corrected chi connectivity index (χ1v) is 17.9. The molecule has 1 N–H and O–H groups in total. The minimum Gasteiger partial charge on any atom is -0.379 e. The van der Waals surface area contributed by atoms with Crippen LogP contribution < -0.4 is 5.32 Å². The standard InChI is InChI=1S/C35H56N4O11/c40-35(31-6-4-30(5-7-31)27-49-33-2-1-3-33)36-9-12-42-15-18-45-22-23-47-24-25-48-28-32-26-39(38-37-32)10-13-43-16-19-46-21-20-44-17-14-41-11-8-34-29-50-34/h4-7,26,33-34H,1-3,8-25,27-29H2,(H,36,40). The number of nitrogens with zero attached hydrogens (tertiary/aromatic N) is 3. The number of epoxide rings is 1. The lowest BCUT2D eigenvalue weighted by molar-refractivity contribution is -0.00867. The number of rotatable bonds is 33. The van der Waals surface area contributed by atoms with Crippen LogP contribution in [0, 0.1) is 0 Å². The van der Waals surface area contributed by atoms with Crippen molar-refractivity contribution in [1.29, 1.82) is 0 Å². The molecule has 1 aromatic carbocycles. The van der Waals surface area contributed by atoms with Gasteiger partial charge in [-0.2, -0.15) is 0 Å². The van der Waals surface area contributed by atoms with Crippen molar-refractivity contribution in [2.45, 2.75) is 57.6 Å². The van der Waals surface area contributed by atoms with Crippen molar-refractivity contribution in [3.8, 4) is 0 Å². The molecule has 0 spiro atoms. The average Bonchev–Trinajstić information content (AvgIpc) is 3.83. The number of benzene rings is 1. The fourth-order valence-corrected chi connectivity index (χ4v) is 4.56. The second-order valence-electron chi connectivity index (χ2n) is 11.9. The van der Waals surface area contributed by atoms with Crippen molar-refractivity contribution in [2.24, 2.45) is 0 Å². The van der Waals surface area contributed by atoms with Gasteiger partial charge in [0.1, 0.15) is 5.69 Å². The summed E-state index contributed by atoms with van der Waals surface area (Å²) in [5.74, 6) is -0.117. The third kappa shape index (κ3) is 19.2. The van der Waals surface area contributed by atoms with Crippen LogP contribution in [0.5, 0.6) is 0 Å². The van der Waals surface area contributed by atoms with Crippen LogP contribution in [0.3, 0.4) is 0 Å². The molecule has 0 radical (unpaired) electrons. The van der Waals surface area contributed by atoms with Gasteiger partial charge in [-0.3, -0.25) is 4.79 Å². The number of carbonyl (C=O) groups excluding carboxylic acids is 1. The van der Waals surface area contributed by atoms with Crippen molar-refractivity contribution in [3.63, 3.8) is 0 Å². The summed E-state index contributed by atoms with van der Waals surface area (Å²) in [4.78, 5) is 12.3. The minimum absolute atomic E-state index is 0.117. The SMILES string of the molecule is O=C(NCCOCCOCCOCCOCc1cn(CCOCCOCCOCCOCCC2CO2)nn1)c1ccc(COC2CCC2)cc1. The summed E-state index contributed by atoms with van der Waals surface area (Å²) in [6.45, 7) is 10.5. The number of ether oxygens (including phenoxy) is 10. The molecule has 1 aliphatic heterocycles. The van der Waals surface area contributed by atoms with Gasteiger partial charge in [-0.25, -0.2) is 4.68 Å². The van der Waals surface area contributed by atoms with Crippen molar-refractivity contribution in [2.75, 3.05) is 112 Å². The average molecular weight is 709 g/mol. The fraction of sp³-hybridized carbons (Fsp3) is 0.743. The zero-order chi connectivity index (χ0) is 34.7. The molecule has 4 rings (SSSR count). The van der Waals surface area contributed by atoms with E-state index in [4.69, 9.17) is 47.4 Å². The van der Waals surface area contributed by atoms with Gasteiger partial charge < -0.3 is 52.7 Å². The Balaban J connectivity index is 0.833. The van der Waals surface area contributed by atoms with E-state index < -0.39 is 0 Å². The maximum Gasteiger partial charge on any atom is 0.251 e. The highest BCUT2D eigenvalue weighted by Crippen LogP contribution is 2.23. The molecule has 282 valence electrons.